The zero-order valence-electron chi connectivity index (χ0n) is 7.36. The summed E-state index contributed by atoms with van der Waals surface area (Å²) in [6, 6.07) is 7.53. The first-order valence-electron chi connectivity index (χ1n) is 3.84. The molecule has 0 aliphatic carbocycles. The molecule has 0 aromatic heterocycles. The molecule has 0 aliphatic heterocycles. The lowest BCUT2D eigenvalue weighted by molar-refractivity contribution is 0.688. The van der Waals surface area contributed by atoms with E-state index in [2.05, 4.69) is 5.92 Å². The summed E-state index contributed by atoms with van der Waals surface area (Å²) in [5.41, 5.74) is 1.15. The highest BCUT2D eigenvalue weighted by atomic mass is 32.2. The molecule has 1 nitrogen and oxygen atoms in total. The number of allylic oxidation sites excluding steroid dienone is 1. The molecule has 0 radical (unpaired) electrons. The highest BCUT2D eigenvalue weighted by Gasteiger charge is 1.97. The third-order valence-electron chi connectivity index (χ3n) is 1.54. The van der Waals surface area contributed by atoms with Gasteiger partial charge in [-0.25, -0.2) is 4.21 Å². The van der Waals surface area contributed by atoms with Crippen molar-refractivity contribution in [3.8, 4) is 12.3 Å². The van der Waals surface area contributed by atoms with Crippen LogP contribution in [0.1, 0.15) is 5.56 Å². The van der Waals surface area contributed by atoms with Crippen molar-refractivity contribution >= 4 is 10.8 Å². The van der Waals surface area contributed by atoms with Gasteiger partial charge in [-0.05, 0) is 25.1 Å². The Morgan fingerprint density at radius 1 is 1.38 bits per heavy atom. The molecule has 0 amide bonds. The van der Waals surface area contributed by atoms with Crippen molar-refractivity contribution < 1.29 is 4.21 Å². The lowest BCUT2D eigenvalue weighted by atomic mass is 10.2. The van der Waals surface area contributed by atoms with Gasteiger partial charge in [0.1, 0.15) is 0 Å². The van der Waals surface area contributed by atoms with E-state index < -0.39 is 10.8 Å². The van der Waals surface area contributed by atoms with Crippen LogP contribution in [-0.4, -0.2) is 4.21 Å². The Morgan fingerprint density at radius 2 is 2.00 bits per heavy atom. The molecule has 1 rings (SSSR count). The van der Waals surface area contributed by atoms with Crippen molar-refractivity contribution in [3.63, 3.8) is 0 Å². The third-order valence-corrected chi connectivity index (χ3v) is 2.66. The second kappa shape index (κ2) is 4.64. The summed E-state index contributed by atoms with van der Waals surface area (Å²) in [4.78, 5) is 0.775. The summed E-state index contributed by atoms with van der Waals surface area (Å²) in [6.07, 6.45) is 6.46. The van der Waals surface area contributed by atoms with E-state index in [1.165, 1.54) is 11.5 Å². The van der Waals surface area contributed by atoms with E-state index in [4.69, 9.17) is 6.42 Å². The Morgan fingerprint density at radius 3 is 2.54 bits per heavy atom. The minimum absolute atomic E-state index is 0.775. The molecule has 13 heavy (non-hydrogen) atoms. The molecule has 2 heteroatoms. The summed E-state index contributed by atoms with van der Waals surface area (Å²) in [6.45, 7) is 1.99. The fraction of sp³-hybridized carbons (Fsp3) is 0.0909. The summed E-state index contributed by atoms with van der Waals surface area (Å²) in [5.74, 6) is 2.31. The average Bonchev–Trinajstić information content (AvgIpc) is 2.15. The van der Waals surface area contributed by atoms with Gasteiger partial charge >= 0.3 is 0 Å². The van der Waals surface area contributed by atoms with E-state index in [-0.39, 0.29) is 0 Å². The number of aryl methyl sites for hydroxylation is 1. The van der Waals surface area contributed by atoms with E-state index in [0.29, 0.717) is 0 Å². The maximum atomic E-state index is 11.4. The summed E-state index contributed by atoms with van der Waals surface area (Å²) < 4.78 is 11.4. The fourth-order valence-electron chi connectivity index (χ4n) is 0.852. The van der Waals surface area contributed by atoms with Crippen LogP contribution < -0.4 is 0 Å². The zero-order valence-corrected chi connectivity index (χ0v) is 8.17. The molecule has 1 aromatic carbocycles. The van der Waals surface area contributed by atoms with Crippen LogP contribution in [-0.2, 0) is 10.8 Å². The van der Waals surface area contributed by atoms with Gasteiger partial charge in [-0.2, -0.15) is 0 Å². The Kier molecular flexibility index (Phi) is 3.48. The Hall–Kier alpha value is -1.33. The summed E-state index contributed by atoms with van der Waals surface area (Å²) >= 11 is 0. The van der Waals surface area contributed by atoms with Gasteiger partial charge in [-0.3, -0.25) is 0 Å². The minimum Gasteiger partial charge on any atom is -0.250 e. The van der Waals surface area contributed by atoms with Gasteiger partial charge in [0.25, 0.3) is 0 Å². The van der Waals surface area contributed by atoms with Crippen LogP contribution >= 0.6 is 0 Å². The van der Waals surface area contributed by atoms with Crippen LogP contribution in [0.25, 0.3) is 0 Å². The van der Waals surface area contributed by atoms with Crippen molar-refractivity contribution in [3.05, 3.63) is 41.3 Å². The lowest BCUT2D eigenvalue weighted by Gasteiger charge is -1.96. The van der Waals surface area contributed by atoms with Crippen LogP contribution in [0.2, 0.25) is 0 Å². The van der Waals surface area contributed by atoms with Crippen molar-refractivity contribution in [1.82, 2.24) is 0 Å². The molecule has 0 saturated heterocycles. The fourth-order valence-corrected chi connectivity index (χ4v) is 1.62. The smallest absolute Gasteiger partial charge is 0.0782 e. The van der Waals surface area contributed by atoms with Crippen LogP contribution in [0.5, 0.6) is 0 Å². The predicted molar refractivity (Wildman–Crippen MR) is 55.6 cm³/mol. The molecule has 1 atom stereocenters. The quantitative estimate of drug-likeness (QED) is 0.654. The highest BCUT2D eigenvalue weighted by Crippen LogP contribution is 2.08. The first-order chi connectivity index (χ1) is 6.24. The van der Waals surface area contributed by atoms with Gasteiger partial charge in [-0.15, -0.1) is 6.42 Å². The Labute approximate surface area is 80.9 Å². The van der Waals surface area contributed by atoms with E-state index in [9.17, 15) is 4.21 Å². The van der Waals surface area contributed by atoms with E-state index in [1.807, 2.05) is 31.2 Å². The van der Waals surface area contributed by atoms with E-state index in [0.717, 1.165) is 10.5 Å². The lowest BCUT2D eigenvalue weighted by Crippen LogP contribution is -1.85. The number of rotatable bonds is 2. The molecular formula is C11H10OS. The summed E-state index contributed by atoms with van der Waals surface area (Å²) in [5, 5.41) is 1.50. The van der Waals surface area contributed by atoms with E-state index in [1.54, 1.807) is 0 Å². The predicted octanol–water partition coefficient (Wildman–Crippen LogP) is 2.25. The monoisotopic (exact) mass is 190 g/mol. The largest absolute Gasteiger partial charge is 0.250 e. The third kappa shape index (κ3) is 2.89. The standard InChI is InChI=1S/C11H10OS/c1-3-4-9-13(12)11-7-5-10(2)6-8-11/h1,4-9H,2H3/b9-4-/t13-/m0/s1. The zero-order chi connectivity index (χ0) is 9.68. The Balaban J connectivity index is 2.85. The number of benzene rings is 1. The molecule has 0 spiro atoms. The van der Waals surface area contributed by atoms with Crippen LogP contribution in [0.3, 0.4) is 0 Å². The van der Waals surface area contributed by atoms with Crippen LogP contribution in [0, 0.1) is 19.3 Å². The molecule has 0 aliphatic rings. The Bertz CT molecular complexity index is 368. The van der Waals surface area contributed by atoms with Gasteiger partial charge in [-0.1, -0.05) is 23.6 Å². The van der Waals surface area contributed by atoms with Crippen molar-refractivity contribution in [2.24, 2.45) is 0 Å². The van der Waals surface area contributed by atoms with E-state index >= 15 is 0 Å². The normalized spacial score (nSPS) is 12.6. The number of hydrogen-bond donors (Lipinski definition) is 0. The topological polar surface area (TPSA) is 17.1 Å². The first-order valence-corrected chi connectivity index (χ1v) is 5.05. The van der Waals surface area contributed by atoms with Gasteiger partial charge in [0.15, 0.2) is 0 Å². The molecule has 1 aromatic rings. The van der Waals surface area contributed by atoms with Gasteiger partial charge in [0.05, 0.1) is 10.8 Å². The number of terminal acetylenes is 1. The highest BCUT2D eigenvalue weighted by molar-refractivity contribution is 7.88. The molecule has 0 fully saturated rings. The van der Waals surface area contributed by atoms with Crippen LogP contribution in [0.15, 0.2) is 40.6 Å². The molecule has 0 bridgehead atoms. The summed E-state index contributed by atoms with van der Waals surface area (Å²) in [7, 11) is -1.11. The average molecular weight is 190 g/mol. The van der Waals surface area contributed by atoms with Crippen molar-refractivity contribution in [2.45, 2.75) is 11.8 Å². The molecule has 66 valence electrons. The maximum Gasteiger partial charge on any atom is 0.0782 e. The van der Waals surface area contributed by atoms with Gasteiger partial charge in [0, 0.05) is 10.3 Å². The second-order valence-electron chi connectivity index (χ2n) is 2.58. The van der Waals surface area contributed by atoms with Gasteiger partial charge in [0.2, 0.25) is 0 Å². The molecule has 0 N–H and O–H groups in total. The van der Waals surface area contributed by atoms with Gasteiger partial charge < -0.3 is 0 Å². The first kappa shape index (κ1) is 9.76. The SMILES string of the molecule is C#C/C=C\[S@](=O)c1ccc(C)cc1. The maximum absolute atomic E-state index is 11.4. The number of hydrogen-bond acceptors (Lipinski definition) is 1. The molecular weight excluding hydrogens is 180 g/mol. The van der Waals surface area contributed by atoms with Crippen molar-refractivity contribution in [1.29, 1.82) is 0 Å². The van der Waals surface area contributed by atoms with Crippen molar-refractivity contribution in [2.75, 3.05) is 0 Å². The molecule has 0 unspecified atom stereocenters. The van der Waals surface area contributed by atoms with Crippen LogP contribution in [0.4, 0.5) is 0 Å². The molecule has 0 heterocycles. The molecule has 0 saturated carbocycles. The second-order valence-corrected chi connectivity index (χ2v) is 3.92. The minimum atomic E-state index is -1.11.